The molecule has 0 aliphatic heterocycles. The lowest BCUT2D eigenvalue weighted by Gasteiger charge is -2.00. The minimum absolute atomic E-state index is 0.189. The van der Waals surface area contributed by atoms with Gasteiger partial charge in [-0.15, -0.1) is 0 Å². The van der Waals surface area contributed by atoms with Gasteiger partial charge in [0.1, 0.15) is 0 Å². The predicted octanol–water partition coefficient (Wildman–Crippen LogP) is -0.303. The molecule has 52 valence electrons. The highest BCUT2D eigenvalue weighted by molar-refractivity contribution is 5.92. The van der Waals surface area contributed by atoms with Gasteiger partial charge in [-0.2, -0.15) is 5.10 Å². The Labute approximate surface area is 54.6 Å². The van der Waals surface area contributed by atoms with Crippen LogP contribution < -0.4 is 11.6 Å². The van der Waals surface area contributed by atoms with E-state index in [1.54, 1.807) is 20.1 Å². The highest BCUT2D eigenvalue weighted by atomic mass is 15.2. The summed E-state index contributed by atoms with van der Waals surface area (Å²) in [4.78, 5) is 3.82. The van der Waals surface area contributed by atoms with Crippen molar-refractivity contribution in [3.63, 3.8) is 0 Å². The van der Waals surface area contributed by atoms with Crippen LogP contribution in [0.1, 0.15) is 13.8 Å². The van der Waals surface area contributed by atoms with Crippen LogP contribution in [0.25, 0.3) is 0 Å². The number of hydrazone groups is 1. The van der Waals surface area contributed by atoms with Gasteiger partial charge in [0.05, 0.1) is 6.04 Å². The van der Waals surface area contributed by atoms with Gasteiger partial charge in [-0.25, -0.2) is 4.99 Å². The summed E-state index contributed by atoms with van der Waals surface area (Å²) in [6.45, 7) is 3.56. The summed E-state index contributed by atoms with van der Waals surface area (Å²) >= 11 is 0. The van der Waals surface area contributed by atoms with E-state index in [1.165, 1.54) is 0 Å². The topological polar surface area (TPSA) is 76.8 Å². The summed E-state index contributed by atoms with van der Waals surface area (Å²) in [7, 11) is 0. The zero-order valence-corrected chi connectivity index (χ0v) is 5.70. The van der Waals surface area contributed by atoms with Crippen LogP contribution in [0.5, 0.6) is 0 Å². The van der Waals surface area contributed by atoms with Crippen molar-refractivity contribution in [2.75, 3.05) is 0 Å². The maximum Gasteiger partial charge on any atom is 0.164 e. The molecule has 0 bridgehead atoms. The maximum absolute atomic E-state index is 5.41. The molecule has 0 aromatic rings. The molecule has 0 rings (SSSR count). The molecule has 1 atom stereocenters. The van der Waals surface area contributed by atoms with Crippen molar-refractivity contribution in [2.45, 2.75) is 19.9 Å². The summed E-state index contributed by atoms with van der Waals surface area (Å²) in [5.74, 6) is 5.42. The molecule has 0 saturated heterocycles. The first-order valence-corrected chi connectivity index (χ1v) is 2.74. The van der Waals surface area contributed by atoms with Crippen LogP contribution in [-0.2, 0) is 0 Å². The fourth-order valence-corrected chi connectivity index (χ4v) is 0.401. The van der Waals surface area contributed by atoms with E-state index in [-0.39, 0.29) is 6.04 Å². The van der Waals surface area contributed by atoms with Crippen molar-refractivity contribution < 1.29 is 0 Å². The van der Waals surface area contributed by atoms with Gasteiger partial charge in [0.25, 0.3) is 0 Å². The molecule has 0 aromatic carbocycles. The molecule has 4 heteroatoms. The summed E-state index contributed by atoms with van der Waals surface area (Å²) in [5, 5.41) is 3.37. The first-order chi connectivity index (χ1) is 4.22. The van der Waals surface area contributed by atoms with Crippen molar-refractivity contribution in [3.8, 4) is 0 Å². The van der Waals surface area contributed by atoms with E-state index in [9.17, 15) is 0 Å². The molecule has 0 aliphatic carbocycles. The van der Waals surface area contributed by atoms with Crippen molar-refractivity contribution >= 4 is 12.1 Å². The molecule has 4 nitrogen and oxygen atoms in total. The Bertz CT molecular complexity index is 125. The van der Waals surface area contributed by atoms with Gasteiger partial charge >= 0.3 is 0 Å². The van der Waals surface area contributed by atoms with Gasteiger partial charge in [0.2, 0.25) is 0 Å². The number of hydrogen-bond donors (Lipinski definition) is 2. The van der Waals surface area contributed by atoms with Crippen molar-refractivity contribution in [1.82, 2.24) is 0 Å². The largest absolute Gasteiger partial charge is 0.322 e. The summed E-state index contributed by atoms with van der Waals surface area (Å²) in [6.07, 6.45) is 1.61. The molecule has 0 fully saturated rings. The van der Waals surface area contributed by atoms with Crippen molar-refractivity contribution in [3.05, 3.63) is 0 Å². The average Bonchev–Trinajstić information content (AvgIpc) is 1.82. The number of amidine groups is 1. The van der Waals surface area contributed by atoms with E-state index in [0.29, 0.717) is 5.84 Å². The molecular formula is C5H12N4. The van der Waals surface area contributed by atoms with Crippen LogP contribution in [0.3, 0.4) is 0 Å². The Kier molecular flexibility index (Phi) is 3.62. The van der Waals surface area contributed by atoms with Crippen molar-refractivity contribution in [2.24, 2.45) is 21.7 Å². The lowest BCUT2D eigenvalue weighted by atomic mass is 10.3. The highest BCUT2D eigenvalue weighted by Gasteiger charge is 1.99. The van der Waals surface area contributed by atoms with Crippen LogP contribution in [-0.4, -0.2) is 18.1 Å². The number of aliphatic imine (C=N–C) groups is 1. The highest BCUT2D eigenvalue weighted by Crippen LogP contribution is 1.82. The molecule has 0 radical (unpaired) electrons. The van der Waals surface area contributed by atoms with Gasteiger partial charge in [-0.3, -0.25) is 0 Å². The Hall–Kier alpha value is -0.900. The SMILES string of the molecule is CC=N/C(=N\N)C(C)N. The third-order valence-electron chi connectivity index (χ3n) is 0.801. The van der Waals surface area contributed by atoms with Gasteiger partial charge in [0, 0.05) is 6.21 Å². The predicted molar refractivity (Wildman–Crippen MR) is 39.4 cm³/mol. The Morgan fingerprint density at radius 3 is 2.33 bits per heavy atom. The summed E-state index contributed by atoms with van der Waals surface area (Å²) in [5.41, 5.74) is 5.41. The maximum atomic E-state index is 5.41. The number of hydrogen-bond acceptors (Lipinski definition) is 3. The number of rotatable bonds is 1. The van der Waals surface area contributed by atoms with E-state index in [4.69, 9.17) is 11.6 Å². The van der Waals surface area contributed by atoms with Gasteiger partial charge in [-0.05, 0) is 13.8 Å². The molecule has 0 heterocycles. The van der Waals surface area contributed by atoms with E-state index in [2.05, 4.69) is 10.1 Å². The second kappa shape index (κ2) is 4.03. The monoisotopic (exact) mass is 128 g/mol. The second-order valence-corrected chi connectivity index (χ2v) is 1.66. The van der Waals surface area contributed by atoms with Gasteiger partial charge in [-0.1, -0.05) is 0 Å². The third kappa shape index (κ3) is 2.81. The minimum atomic E-state index is -0.189. The molecule has 1 unspecified atom stereocenters. The van der Waals surface area contributed by atoms with E-state index in [1.807, 2.05) is 0 Å². The Morgan fingerprint density at radius 2 is 2.22 bits per heavy atom. The standard InChI is InChI=1S/C5H12N4/c1-3-8-5(9-7)4(2)6/h3-4H,6-7H2,1-2H3/b8-3?,9-5-. The molecule has 0 aliphatic rings. The van der Waals surface area contributed by atoms with Gasteiger partial charge < -0.3 is 11.6 Å². The van der Waals surface area contributed by atoms with Crippen LogP contribution in [0.2, 0.25) is 0 Å². The van der Waals surface area contributed by atoms with Crippen LogP contribution >= 0.6 is 0 Å². The lowest BCUT2D eigenvalue weighted by Crippen LogP contribution is -2.26. The third-order valence-corrected chi connectivity index (χ3v) is 0.801. The number of nitrogens with two attached hydrogens (primary N) is 2. The van der Waals surface area contributed by atoms with Crippen molar-refractivity contribution in [1.29, 1.82) is 0 Å². The van der Waals surface area contributed by atoms with E-state index < -0.39 is 0 Å². The molecule has 9 heavy (non-hydrogen) atoms. The molecule has 0 aromatic heterocycles. The fourth-order valence-electron chi connectivity index (χ4n) is 0.401. The molecule has 0 amide bonds. The van der Waals surface area contributed by atoms with Gasteiger partial charge in [0.15, 0.2) is 5.84 Å². The zero-order chi connectivity index (χ0) is 7.28. The first kappa shape index (κ1) is 8.10. The van der Waals surface area contributed by atoms with Crippen LogP contribution in [0, 0.1) is 0 Å². The van der Waals surface area contributed by atoms with Crippen LogP contribution in [0.4, 0.5) is 0 Å². The zero-order valence-electron chi connectivity index (χ0n) is 5.70. The first-order valence-electron chi connectivity index (χ1n) is 2.74. The Balaban J connectivity index is 4.01. The smallest absolute Gasteiger partial charge is 0.164 e. The van der Waals surface area contributed by atoms with E-state index in [0.717, 1.165) is 0 Å². The van der Waals surface area contributed by atoms with E-state index >= 15 is 0 Å². The summed E-state index contributed by atoms with van der Waals surface area (Å²) in [6, 6.07) is -0.189. The number of nitrogens with zero attached hydrogens (tertiary/aromatic N) is 2. The normalized spacial score (nSPS) is 16.6. The average molecular weight is 128 g/mol. The minimum Gasteiger partial charge on any atom is -0.322 e. The molecular weight excluding hydrogens is 116 g/mol. The fraction of sp³-hybridized carbons (Fsp3) is 0.600. The van der Waals surface area contributed by atoms with Crippen LogP contribution in [0.15, 0.2) is 10.1 Å². The lowest BCUT2D eigenvalue weighted by molar-refractivity contribution is 0.947. The molecule has 0 saturated carbocycles. The quantitative estimate of drug-likeness (QED) is 0.220. The molecule has 0 spiro atoms. The molecule has 4 N–H and O–H groups in total. The Morgan fingerprint density at radius 1 is 1.67 bits per heavy atom. The second-order valence-electron chi connectivity index (χ2n) is 1.66. The summed E-state index contributed by atoms with van der Waals surface area (Å²) < 4.78 is 0.